The molecule has 1 aliphatic heterocycles. The van der Waals surface area contributed by atoms with Crippen LogP contribution in [0.5, 0.6) is 17.4 Å². The van der Waals surface area contributed by atoms with E-state index < -0.39 is 0 Å². The standard InChI is InChI=1S/C33H29N5O5S/c1-20(39)22-3-7-25(8-4-22)43-31-12-6-24(19-35-31)37-32(40)23-5-10-28(34-18-23)33(41)38-15-13-26(14-16-38)42-27-9-11-30-29(17-27)36-21(2)44-30/h3-12,17-19,26H,13-16H2,1-2H3,(H,37,40). The lowest BCUT2D eigenvalue weighted by Gasteiger charge is -2.32. The van der Waals surface area contributed by atoms with Crippen molar-refractivity contribution in [1.29, 1.82) is 0 Å². The molecule has 0 atom stereocenters. The van der Waals surface area contributed by atoms with Crippen molar-refractivity contribution < 1.29 is 23.9 Å². The molecule has 2 aromatic carbocycles. The Labute approximate surface area is 257 Å². The molecule has 4 heterocycles. The fourth-order valence-corrected chi connectivity index (χ4v) is 5.69. The minimum atomic E-state index is -0.379. The maximum atomic E-state index is 13.1. The van der Waals surface area contributed by atoms with Gasteiger partial charge in [0, 0.05) is 49.8 Å². The van der Waals surface area contributed by atoms with Gasteiger partial charge in [0.15, 0.2) is 5.78 Å². The summed E-state index contributed by atoms with van der Waals surface area (Å²) in [6.07, 6.45) is 4.32. The summed E-state index contributed by atoms with van der Waals surface area (Å²) in [6.45, 7) is 4.61. The lowest BCUT2D eigenvalue weighted by Crippen LogP contribution is -2.42. The summed E-state index contributed by atoms with van der Waals surface area (Å²) in [4.78, 5) is 52.1. The number of likely N-dealkylation sites (tertiary alicyclic amines) is 1. The molecular weight excluding hydrogens is 578 g/mol. The fourth-order valence-electron chi connectivity index (χ4n) is 4.88. The van der Waals surface area contributed by atoms with Crippen molar-refractivity contribution in [1.82, 2.24) is 19.9 Å². The number of rotatable bonds is 8. The first-order valence-electron chi connectivity index (χ1n) is 14.2. The number of Topliss-reactive ketones (excluding diaryl/α,β-unsaturated/α-hetero) is 1. The normalized spacial score (nSPS) is 13.5. The van der Waals surface area contributed by atoms with E-state index in [1.165, 1.54) is 19.3 Å². The van der Waals surface area contributed by atoms with E-state index in [1.54, 1.807) is 64.8 Å². The van der Waals surface area contributed by atoms with Gasteiger partial charge in [-0.3, -0.25) is 19.4 Å². The molecule has 0 bridgehead atoms. The number of hydrogen-bond donors (Lipinski definition) is 1. The molecule has 0 saturated carbocycles. The van der Waals surface area contributed by atoms with Crippen LogP contribution in [0.25, 0.3) is 10.2 Å². The van der Waals surface area contributed by atoms with Gasteiger partial charge in [0.25, 0.3) is 11.8 Å². The number of thiazole rings is 1. The van der Waals surface area contributed by atoms with E-state index in [0.717, 1.165) is 21.0 Å². The number of ketones is 1. The number of piperidine rings is 1. The number of carbonyl (C=O) groups excluding carboxylic acids is 3. The quantitative estimate of drug-likeness (QED) is 0.203. The Morgan fingerprint density at radius 1 is 0.886 bits per heavy atom. The first-order valence-corrected chi connectivity index (χ1v) is 15.0. The average molecular weight is 608 g/mol. The number of nitrogens with one attached hydrogen (secondary N) is 1. The second kappa shape index (κ2) is 12.6. The molecule has 6 rings (SSSR count). The third kappa shape index (κ3) is 6.73. The van der Waals surface area contributed by atoms with Gasteiger partial charge in [0.1, 0.15) is 23.3 Å². The maximum absolute atomic E-state index is 13.1. The van der Waals surface area contributed by atoms with Crippen LogP contribution in [0.1, 0.15) is 56.0 Å². The Balaban J connectivity index is 0.986. The van der Waals surface area contributed by atoms with Gasteiger partial charge in [-0.25, -0.2) is 9.97 Å². The zero-order valence-corrected chi connectivity index (χ0v) is 25.0. The van der Waals surface area contributed by atoms with Crippen molar-refractivity contribution in [2.24, 2.45) is 0 Å². The number of anilines is 1. The van der Waals surface area contributed by atoms with Gasteiger partial charge in [-0.1, -0.05) is 0 Å². The summed E-state index contributed by atoms with van der Waals surface area (Å²) in [5, 5.41) is 3.79. The molecule has 11 heteroatoms. The topological polar surface area (TPSA) is 124 Å². The Kier molecular flexibility index (Phi) is 8.29. The Hall–Kier alpha value is -5.16. The molecule has 0 spiro atoms. The molecule has 1 saturated heterocycles. The molecule has 5 aromatic rings. The molecule has 0 unspecified atom stereocenters. The zero-order chi connectivity index (χ0) is 30.6. The number of carbonyl (C=O) groups is 3. The van der Waals surface area contributed by atoms with Gasteiger partial charge in [0.2, 0.25) is 5.88 Å². The average Bonchev–Trinajstić information content (AvgIpc) is 3.41. The van der Waals surface area contributed by atoms with Crippen molar-refractivity contribution in [3.05, 3.63) is 101 Å². The van der Waals surface area contributed by atoms with E-state index in [9.17, 15) is 14.4 Å². The summed E-state index contributed by atoms with van der Waals surface area (Å²) < 4.78 is 13.0. The molecule has 0 radical (unpaired) electrons. The molecule has 1 fully saturated rings. The monoisotopic (exact) mass is 607 g/mol. The van der Waals surface area contributed by atoms with E-state index in [0.29, 0.717) is 54.4 Å². The Morgan fingerprint density at radius 3 is 2.32 bits per heavy atom. The first-order chi connectivity index (χ1) is 21.3. The number of nitrogens with zero attached hydrogens (tertiary/aromatic N) is 4. The van der Waals surface area contributed by atoms with Gasteiger partial charge in [-0.05, 0) is 68.4 Å². The first kappa shape index (κ1) is 28.9. The van der Waals surface area contributed by atoms with Crippen LogP contribution in [-0.4, -0.2) is 56.6 Å². The van der Waals surface area contributed by atoms with Crippen molar-refractivity contribution in [3.63, 3.8) is 0 Å². The number of ether oxygens (including phenoxy) is 2. The number of benzene rings is 2. The smallest absolute Gasteiger partial charge is 0.272 e. The van der Waals surface area contributed by atoms with Crippen molar-refractivity contribution in [2.45, 2.75) is 32.8 Å². The third-order valence-electron chi connectivity index (χ3n) is 7.22. The fraction of sp³-hybridized carbons (Fsp3) is 0.212. The highest BCUT2D eigenvalue weighted by atomic mass is 32.1. The summed E-state index contributed by atoms with van der Waals surface area (Å²) >= 11 is 1.66. The minimum Gasteiger partial charge on any atom is -0.490 e. The largest absolute Gasteiger partial charge is 0.490 e. The van der Waals surface area contributed by atoms with E-state index in [-0.39, 0.29) is 29.4 Å². The predicted molar refractivity (Wildman–Crippen MR) is 167 cm³/mol. The number of amides is 2. The van der Waals surface area contributed by atoms with Crippen LogP contribution in [0.15, 0.2) is 79.1 Å². The summed E-state index contributed by atoms with van der Waals surface area (Å²) in [7, 11) is 0. The van der Waals surface area contributed by atoms with Gasteiger partial charge in [-0.2, -0.15) is 0 Å². The maximum Gasteiger partial charge on any atom is 0.272 e. The van der Waals surface area contributed by atoms with Crippen LogP contribution in [-0.2, 0) is 0 Å². The molecule has 0 aliphatic carbocycles. The van der Waals surface area contributed by atoms with Crippen LogP contribution in [0.3, 0.4) is 0 Å². The van der Waals surface area contributed by atoms with E-state index in [1.807, 2.05) is 25.1 Å². The van der Waals surface area contributed by atoms with Crippen LogP contribution in [0.4, 0.5) is 5.69 Å². The Bertz CT molecular complexity index is 1810. The summed E-state index contributed by atoms with van der Waals surface area (Å²) in [5.41, 5.74) is 2.60. The van der Waals surface area contributed by atoms with Crippen LogP contribution < -0.4 is 14.8 Å². The number of aromatic nitrogens is 3. The molecular formula is C33H29N5O5S. The SMILES string of the molecule is CC(=O)c1ccc(Oc2ccc(NC(=O)c3ccc(C(=O)N4CCC(Oc5ccc6sc(C)nc6c5)CC4)nc3)cn2)cc1. The van der Waals surface area contributed by atoms with Gasteiger partial charge in [-0.15, -0.1) is 11.3 Å². The van der Waals surface area contributed by atoms with Gasteiger partial charge < -0.3 is 19.7 Å². The van der Waals surface area contributed by atoms with Crippen LogP contribution >= 0.6 is 11.3 Å². The highest BCUT2D eigenvalue weighted by Gasteiger charge is 2.26. The summed E-state index contributed by atoms with van der Waals surface area (Å²) in [6, 6.07) is 19.2. The minimum absolute atomic E-state index is 0.0182. The van der Waals surface area contributed by atoms with E-state index in [4.69, 9.17) is 9.47 Å². The lowest BCUT2D eigenvalue weighted by molar-refractivity contribution is 0.0590. The molecule has 2 amide bonds. The second-order valence-electron chi connectivity index (χ2n) is 10.4. The molecule has 1 N–H and O–H groups in total. The van der Waals surface area contributed by atoms with Crippen molar-refractivity contribution >= 4 is 44.8 Å². The molecule has 3 aromatic heterocycles. The molecule has 222 valence electrons. The second-order valence-corrected chi connectivity index (χ2v) is 11.7. The summed E-state index contributed by atoms with van der Waals surface area (Å²) in [5.74, 6) is 1.09. The number of aryl methyl sites for hydroxylation is 1. The van der Waals surface area contributed by atoms with E-state index in [2.05, 4.69) is 20.3 Å². The van der Waals surface area contributed by atoms with Crippen molar-refractivity contribution in [2.75, 3.05) is 18.4 Å². The third-order valence-corrected chi connectivity index (χ3v) is 8.17. The zero-order valence-electron chi connectivity index (χ0n) is 24.1. The highest BCUT2D eigenvalue weighted by molar-refractivity contribution is 7.18. The lowest BCUT2D eigenvalue weighted by atomic mass is 10.1. The number of pyridine rings is 2. The molecule has 1 aliphatic rings. The van der Waals surface area contributed by atoms with Crippen LogP contribution in [0, 0.1) is 6.92 Å². The highest BCUT2D eigenvalue weighted by Crippen LogP contribution is 2.28. The Morgan fingerprint density at radius 2 is 1.64 bits per heavy atom. The number of fused-ring (bicyclic) bond motifs is 1. The predicted octanol–water partition coefficient (Wildman–Crippen LogP) is 6.33. The van der Waals surface area contributed by atoms with E-state index >= 15 is 0 Å². The molecule has 10 nitrogen and oxygen atoms in total. The van der Waals surface area contributed by atoms with Gasteiger partial charge >= 0.3 is 0 Å². The van der Waals surface area contributed by atoms with Crippen LogP contribution in [0.2, 0.25) is 0 Å². The molecule has 44 heavy (non-hydrogen) atoms. The number of hydrogen-bond acceptors (Lipinski definition) is 9. The van der Waals surface area contributed by atoms with Gasteiger partial charge in [0.05, 0.1) is 32.7 Å². The van der Waals surface area contributed by atoms with Crippen molar-refractivity contribution in [3.8, 4) is 17.4 Å².